The Morgan fingerprint density at radius 3 is 2.81 bits per heavy atom. The van der Waals surface area contributed by atoms with E-state index < -0.39 is 0 Å². The minimum atomic E-state index is -0.326. The fourth-order valence-electron chi connectivity index (χ4n) is 2.06. The molecule has 1 aromatic carbocycles. The normalized spacial score (nSPS) is 10.7. The molecule has 1 N–H and O–H groups in total. The summed E-state index contributed by atoms with van der Waals surface area (Å²) >= 11 is 0. The van der Waals surface area contributed by atoms with Gasteiger partial charge in [0.1, 0.15) is 6.54 Å². The van der Waals surface area contributed by atoms with Crippen molar-refractivity contribution in [3.8, 4) is 0 Å². The molecule has 3 aromatic rings. The van der Waals surface area contributed by atoms with Crippen molar-refractivity contribution in [3.05, 3.63) is 53.2 Å². The Bertz CT molecular complexity index is 865. The van der Waals surface area contributed by atoms with Crippen molar-refractivity contribution < 1.29 is 4.79 Å². The van der Waals surface area contributed by atoms with Gasteiger partial charge in [0.25, 0.3) is 5.56 Å². The summed E-state index contributed by atoms with van der Waals surface area (Å²) in [6.07, 6.45) is 4.79. The van der Waals surface area contributed by atoms with Crippen molar-refractivity contribution in [2.45, 2.75) is 6.54 Å². The summed E-state index contributed by atoms with van der Waals surface area (Å²) in [6.45, 7) is -0.140. The smallest absolute Gasteiger partial charge is 0.275 e. The van der Waals surface area contributed by atoms with Crippen LogP contribution in [0.25, 0.3) is 10.8 Å². The standard InChI is InChI=1S/C14H13N5O2/c1-18-8-11(7-15-18)17-13(20)9-19-14(21)12-5-3-2-4-10(12)6-16-19/h2-8H,9H2,1H3,(H,17,20). The molecular weight excluding hydrogens is 270 g/mol. The van der Waals surface area contributed by atoms with Crippen molar-refractivity contribution in [2.75, 3.05) is 5.32 Å². The number of carbonyl (C=O) groups is 1. The fourth-order valence-corrected chi connectivity index (χ4v) is 2.06. The van der Waals surface area contributed by atoms with Crippen molar-refractivity contribution in [2.24, 2.45) is 7.05 Å². The molecule has 3 rings (SSSR count). The van der Waals surface area contributed by atoms with E-state index in [1.165, 1.54) is 6.20 Å². The van der Waals surface area contributed by atoms with E-state index in [0.29, 0.717) is 11.1 Å². The van der Waals surface area contributed by atoms with Gasteiger partial charge in [0, 0.05) is 18.6 Å². The number of aromatic nitrogens is 4. The second kappa shape index (κ2) is 5.20. The van der Waals surface area contributed by atoms with Crippen LogP contribution in [0.5, 0.6) is 0 Å². The van der Waals surface area contributed by atoms with E-state index in [4.69, 9.17) is 0 Å². The zero-order valence-corrected chi connectivity index (χ0v) is 11.4. The monoisotopic (exact) mass is 283 g/mol. The number of nitrogens with zero attached hydrogens (tertiary/aromatic N) is 4. The van der Waals surface area contributed by atoms with E-state index in [1.807, 2.05) is 12.1 Å². The van der Waals surface area contributed by atoms with Gasteiger partial charge < -0.3 is 5.32 Å². The van der Waals surface area contributed by atoms with Gasteiger partial charge >= 0.3 is 0 Å². The van der Waals surface area contributed by atoms with Crippen LogP contribution in [0.1, 0.15) is 0 Å². The second-order valence-electron chi connectivity index (χ2n) is 4.65. The molecule has 0 saturated carbocycles. The second-order valence-corrected chi connectivity index (χ2v) is 4.65. The van der Waals surface area contributed by atoms with Crippen molar-refractivity contribution in [3.63, 3.8) is 0 Å². The third-order valence-electron chi connectivity index (χ3n) is 3.04. The number of rotatable bonds is 3. The molecule has 0 radical (unpaired) electrons. The molecule has 0 unspecified atom stereocenters. The topological polar surface area (TPSA) is 81.8 Å². The summed E-state index contributed by atoms with van der Waals surface area (Å²) in [6, 6.07) is 7.14. The molecule has 2 heterocycles. The summed E-state index contributed by atoms with van der Waals surface area (Å²) < 4.78 is 2.73. The maximum Gasteiger partial charge on any atom is 0.275 e. The van der Waals surface area contributed by atoms with Crippen LogP contribution in [-0.2, 0) is 18.4 Å². The lowest BCUT2D eigenvalue weighted by Crippen LogP contribution is -2.29. The Hall–Kier alpha value is -2.96. The van der Waals surface area contributed by atoms with Gasteiger partial charge in [0.05, 0.1) is 23.5 Å². The minimum Gasteiger partial charge on any atom is -0.322 e. The lowest BCUT2D eigenvalue weighted by molar-refractivity contribution is -0.117. The summed E-state index contributed by atoms with van der Waals surface area (Å²) in [5, 5.41) is 11.9. The van der Waals surface area contributed by atoms with Crippen LogP contribution < -0.4 is 10.9 Å². The highest BCUT2D eigenvalue weighted by atomic mass is 16.2. The zero-order valence-electron chi connectivity index (χ0n) is 11.4. The third kappa shape index (κ3) is 2.66. The Balaban J connectivity index is 1.83. The maximum atomic E-state index is 12.2. The highest BCUT2D eigenvalue weighted by molar-refractivity contribution is 5.90. The molecule has 0 aliphatic rings. The average Bonchev–Trinajstić information content (AvgIpc) is 2.87. The molecular formula is C14H13N5O2. The highest BCUT2D eigenvalue weighted by Gasteiger charge is 2.09. The first-order valence-electron chi connectivity index (χ1n) is 6.37. The van der Waals surface area contributed by atoms with Gasteiger partial charge in [-0.15, -0.1) is 0 Å². The quantitative estimate of drug-likeness (QED) is 0.769. The van der Waals surface area contributed by atoms with E-state index in [-0.39, 0.29) is 18.0 Å². The summed E-state index contributed by atoms with van der Waals surface area (Å²) in [5.74, 6) is -0.326. The van der Waals surface area contributed by atoms with E-state index in [9.17, 15) is 9.59 Å². The molecule has 0 aliphatic carbocycles. The van der Waals surface area contributed by atoms with E-state index in [2.05, 4.69) is 15.5 Å². The van der Waals surface area contributed by atoms with Gasteiger partial charge in [-0.05, 0) is 6.07 Å². The number of benzene rings is 1. The van der Waals surface area contributed by atoms with Crippen LogP contribution in [0.15, 0.2) is 47.7 Å². The van der Waals surface area contributed by atoms with E-state index in [1.54, 1.807) is 36.3 Å². The number of fused-ring (bicyclic) bond motifs is 1. The van der Waals surface area contributed by atoms with Gasteiger partial charge in [-0.3, -0.25) is 14.3 Å². The molecule has 0 saturated heterocycles. The first kappa shape index (κ1) is 13.0. The van der Waals surface area contributed by atoms with Gasteiger partial charge in [-0.1, -0.05) is 18.2 Å². The average molecular weight is 283 g/mol. The molecule has 106 valence electrons. The number of nitrogens with one attached hydrogen (secondary N) is 1. The number of hydrogen-bond acceptors (Lipinski definition) is 4. The Morgan fingerprint density at radius 1 is 1.24 bits per heavy atom. The van der Waals surface area contributed by atoms with Crippen LogP contribution in [0.2, 0.25) is 0 Å². The van der Waals surface area contributed by atoms with Crippen molar-refractivity contribution in [1.82, 2.24) is 19.6 Å². The molecule has 7 nitrogen and oxygen atoms in total. The largest absolute Gasteiger partial charge is 0.322 e. The number of carbonyl (C=O) groups excluding carboxylic acids is 1. The summed E-state index contributed by atoms with van der Waals surface area (Å²) in [4.78, 5) is 24.2. The summed E-state index contributed by atoms with van der Waals surface area (Å²) in [5.41, 5.74) is 0.297. The van der Waals surface area contributed by atoms with Crippen molar-refractivity contribution >= 4 is 22.4 Å². The van der Waals surface area contributed by atoms with Crippen LogP contribution in [0.4, 0.5) is 5.69 Å². The summed E-state index contributed by atoms with van der Waals surface area (Å²) in [7, 11) is 1.76. The van der Waals surface area contributed by atoms with Crippen LogP contribution in [-0.4, -0.2) is 25.5 Å². The number of hydrogen-bond donors (Lipinski definition) is 1. The van der Waals surface area contributed by atoms with Gasteiger partial charge in [-0.2, -0.15) is 10.2 Å². The first-order chi connectivity index (χ1) is 10.1. The molecule has 7 heteroatoms. The lowest BCUT2D eigenvalue weighted by atomic mass is 10.2. The predicted octanol–water partition coefficient (Wildman–Crippen LogP) is 0.769. The number of aryl methyl sites for hydroxylation is 1. The molecule has 0 atom stereocenters. The van der Waals surface area contributed by atoms with Gasteiger partial charge in [-0.25, -0.2) is 4.68 Å². The first-order valence-corrected chi connectivity index (χ1v) is 6.37. The SMILES string of the molecule is Cn1cc(NC(=O)Cn2ncc3ccccc3c2=O)cn1. The maximum absolute atomic E-state index is 12.2. The van der Waals surface area contributed by atoms with E-state index in [0.717, 1.165) is 10.1 Å². The van der Waals surface area contributed by atoms with Crippen LogP contribution in [0.3, 0.4) is 0 Å². The lowest BCUT2D eigenvalue weighted by Gasteiger charge is -2.06. The van der Waals surface area contributed by atoms with Crippen LogP contribution in [0, 0.1) is 0 Å². The molecule has 0 spiro atoms. The third-order valence-corrected chi connectivity index (χ3v) is 3.04. The van der Waals surface area contributed by atoms with Gasteiger partial charge in [0.15, 0.2) is 0 Å². The van der Waals surface area contributed by atoms with Crippen LogP contribution >= 0.6 is 0 Å². The molecule has 1 amide bonds. The number of amides is 1. The van der Waals surface area contributed by atoms with Gasteiger partial charge in [0.2, 0.25) is 5.91 Å². The molecule has 21 heavy (non-hydrogen) atoms. The van der Waals surface area contributed by atoms with E-state index >= 15 is 0 Å². The molecule has 2 aromatic heterocycles. The fraction of sp³-hybridized carbons (Fsp3) is 0.143. The zero-order chi connectivity index (χ0) is 14.8. The minimum absolute atomic E-state index is 0.140. The molecule has 0 bridgehead atoms. The molecule has 0 fully saturated rings. The Kier molecular flexibility index (Phi) is 3.23. The Labute approximate surface area is 119 Å². The number of anilines is 1. The Morgan fingerprint density at radius 2 is 2.05 bits per heavy atom. The van der Waals surface area contributed by atoms with Crippen molar-refractivity contribution in [1.29, 1.82) is 0 Å². The predicted molar refractivity (Wildman–Crippen MR) is 77.8 cm³/mol. The highest BCUT2D eigenvalue weighted by Crippen LogP contribution is 2.07. The molecule has 0 aliphatic heterocycles.